The van der Waals surface area contributed by atoms with Crippen LogP contribution in [0.1, 0.15) is 17.5 Å². The first-order valence-corrected chi connectivity index (χ1v) is 11.3. The fourth-order valence-electron chi connectivity index (χ4n) is 4.13. The molecule has 6 heteroatoms. The SMILES string of the molecule is COc1ccc2c(c1)CC(C(=O)Nc1ccc(-c3ccncc3)cc1OCCN(C)C)CC2. The highest BCUT2D eigenvalue weighted by Crippen LogP contribution is 2.33. The summed E-state index contributed by atoms with van der Waals surface area (Å²) in [5.74, 6) is 1.45. The van der Waals surface area contributed by atoms with Crippen LogP contribution in [0.2, 0.25) is 0 Å². The number of aromatic nitrogens is 1. The van der Waals surface area contributed by atoms with Gasteiger partial charge in [0.15, 0.2) is 0 Å². The number of rotatable bonds is 8. The Bertz CT molecular complexity index is 1100. The maximum atomic E-state index is 13.2. The maximum absolute atomic E-state index is 13.2. The van der Waals surface area contributed by atoms with Crippen LogP contribution in [0.5, 0.6) is 11.5 Å². The van der Waals surface area contributed by atoms with E-state index in [1.807, 2.05) is 56.6 Å². The number of pyridine rings is 1. The van der Waals surface area contributed by atoms with Crippen molar-refractivity contribution >= 4 is 11.6 Å². The first-order valence-electron chi connectivity index (χ1n) is 11.3. The predicted molar refractivity (Wildman–Crippen MR) is 131 cm³/mol. The largest absolute Gasteiger partial charge is 0.497 e. The molecule has 1 atom stereocenters. The molecule has 1 heterocycles. The van der Waals surface area contributed by atoms with E-state index in [1.54, 1.807) is 19.5 Å². The topological polar surface area (TPSA) is 63.7 Å². The van der Waals surface area contributed by atoms with Gasteiger partial charge in [0, 0.05) is 24.9 Å². The molecule has 4 rings (SSSR count). The molecule has 33 heavy (non-hydrogen) atoms. The summed E-state index contributed by atoms with van der Waals surface area (Å²) in [4.78, 5) is 19.4. The van der Waals surface area contributed by atoms with Crippen molar-refractivity contribution in [3.63, 3.8) is 0 Å². The van der Waals surface area contributed by atoms with Crippen LogP contribution in [0.4, 0.5) is 5.69 Å². The van der Waals surface area contributed by atoms with Crippen molar-refractivity contribution in [1.82, 2.24) is 9.88 Å². The summed E-state index contributed by atoms with van der Waals surface area (Å²) >= 11 is 0. The molecule has 1 N–H and O–H groups in total. The molecule has 0 fully saturated rings. The van der Waals surface area contributed by atoms with Gasteiger partial charge < -0.3 is 19.7 Å². The number of methoxy groups -OCH3 is 1. The summed E-state index contributed by atoms with van der Waals surface area (Å²) < 4.78 is 11.5. The average Bonchev–Trinajstić information content (AvgIpc) is 2.84. The molecule has 1 unspecified atom stereocenters. The van der Waals surface area contributed by atoms with Crippen LogP contribution in [-0.4, -0.2) is 50.1 Å². The van der Waals surface area contributed by atoms with Crippen LogP contribution in [-0.2, 0) is 17.6 Å². The molecule has 0 saturated heterocycles. The third-order valence-electron chi connectivity index (χ3n) is 6.06. The van der Waals surface area contributed by atoms with E-state index in [9.17, 15) is 4.79 Å². The zero-order chi connectivity index (χ0) is 23.2. The molecule has 6 nitrogen and oxygen atoms in total. The van der Waals surface area contributed by atoms with Gasteiger partial charge in [-0.15, -0.1) is 0 Å². The van der Waals surface area contributed by atoms with Crippen LogP contribution in [0.25, 0.3) is 11.1 Å². The Morgan fingerprint density at radius 3 is 2.64 bits per heavy atom. The van der Waals surface area contributed by atoms with Crippen LogP contribution < -0.4 is 14.8 Å². The molecule has 2 aromatic carbocycles. The number of ether oxygens (including phenoxy) is 2. The summed E-state index contributed by atoms with van der Waals surface area (Å²) in [6.07, 6.45) is 5.98. The van der Waals surface area contributed by atoms with Crippen LogP contribution in [0.3, 0.4) is 0 Å². The van der Waals surface area contributed by atoms with E-state index < -0.39 is 0 Å². The van der Waals surface area contributed by atoms with Gasteiger partial charge in [0.05, 0.1) is 12.8 Å². The van der Waals surface area contributed by atoms with E-state index in [-0.39, 0.29) is 11.8 Å². The number of amides is 1. The summed E-state index contributed by atoms with van der Waals surface area (Å²) in [6, 6.07) is 16.0. The normalized spacial score (nSPS) is 15.1. The van der Waals surface area contributed by atoms with Crippen LogP contribution >= 0.6 is 0 Å². The second-order valence-electron chi connectivity index (χ2n) is 8.66. The fourth-order valence-corrected chi connectivity index (χ4v) is 4.13. The zero-order valence-corrected chi connectivity index (χ0v) is 19.5. The zero-order valence-electron chi connectivity index (χ0n) is 19.5. The van der Waals surface area contributed by atoms with Crippen molar-refractivity contribution in [2.45, 2.75) is 19.3 Å². The van der Waals surface area contributed by atoms with E-state index in [0.29, 0.717) is 24.5 Å². The van der Waals surface area contributed by atoms with E-state index >= 15 is 0 Å². The second kappa shape index (κ2) is 10.5. The predicted octanol–water partition coefficient (Wildman–Crippen LogP) is 4.44. The molecule has 1 amide bonds. The Morgan fingerprint density at radius 1 is 1.06 bits per heavy atom. The van der Waals surface area contributed by atoms with Crippen molar-refractivity contribution in [2.75, 3.05) is 39.7 Å². The molecule has 3 aromatic rings. The lowest BCUT2D eigenvalue weighted by molar-refractivity contribution is -0.120. The monoisotopic (exact) mass is 445 g/mol. The molecule has 0 aliphatic heterocycles. The van der Waals surface area contributed by atoms with Crippen molar-refractivity contribution in [2.24, 2.45) is 5.92 Å². The highest BCUT2D eigenvalue weighted by atomic mass is 16.5. The Balaban J connectivity index is 1.52. The smallest absolute Gasteiger partial charge is 0.227 e. The highest BCUT2D eigenvalue weighted by molar-refractivity contribution is 5.94. The van der Waals surface area contributed by atoms with E-state index in [2.05, 4.69) is 21.3 Å². The van der Waals surface area contributed by atoms with Gasteiger partial charge in [0.25, 0.3) is 0 Å². The minimum atomic E-state index is -0.0842. The quantitative estimate of drug-likeness (QED) is 0.555. The van der Waals surface area contributed by atoms with Crippen molar-refractivity contribution < 1.29 is 14.3 Å². The third-order valence-corrected chi connectivity index (χ3v) is 6.06. The Kier molecular flexibility index (Phi) is 7.25. The number of fused-ring (bicyclic) bond motifs is 1. The van der Waals surface area contributed by atoms with E-state index in [4.69, 9.17) is 9.47 Å². The van der Waals surface area contributed by atoms with Gasteiger partial charge in [-0.1, -0.05) is 12.1 Å². The van der Waals surface area contributed by atoms with Crippen molar-refractivity contribution in [3.05, 3.63) is 72.1 Å². The van der Waals surface area contributed by atoms with Gasteiger partial charge in [0.2, 0.25) is 5.91 Å². The minimum absolute atomic E-state index is 0.0255. The Hall–Kier alpha value is -3.38. The van der Waals surface area contributed by atoms with E-state index in [1.165, 1.54) is 11.1 Å². The molecule has 0 spiro atoms. The molecule has 0 radical (unpaired) electrons. The number of hydrogen-bond acceptors (Lipinski definition) is 5. The summed E-state index contributed by atoms with van der Waals surface area (Å²) in [7, 11) is 5.69. The summed E-state index contributed by atoms with van der Waals surface area (Å²) in [5.41, 5.74) is 5.27. The van der Waals surface area contributed by atoms with Gasteiger partial charge >= 0.3 is 0 Å². The molecular weight excluding hydrogens is 414 g/mol. The number of likely N-dealkylation sites (N-methyl/N-ethyl adjacent to an activating group) is 1. The second-order valence-corrected chi connectivity index (χ2v) is 8.66. The lowest BCUT2D eigenvalue weighted by atomic mass is 9.83. The molecule has 0 saturated carbocycles. The van der Waals surface area contributed by atoms with Crippen molar-refractivity contribution in [3.8, 4) is 22.6 Å². The molecule has 0 bridgehead atoms. The van der Waals surface area contributed by atoms with Crippen molar-refractivity contribution in [1.29, 1.82) is 0 Å². The van der Waals surface area contributed by atoms with Gasteiger partial charge in [-0.05, 0) is 92.0 Å². The van der Waals surface area contributed by atoms with Gasteiger partial charge in [-0.2, -0.15) is 0 Å². The maximum Gasteiger partial charge on any atom is 0.227 e. The number of carbonyl (C=O) groups is 1. The minimum Gasteiger partial charge on any atom is -0.497 e. The third kappa shape index (κ3) is 5.71. The number of aryl methyl sites for hydroxylation is 1. The molecule has 1 aliphatic rings. The molecule has 1 aromatic heterocycles. The summed E-state index contributed by atoms with van der Waals surface area (Å²) in [6.45, 7) is 1.32. The van der Waals surface area contributed by atoms with Gasteiger partial charge in [-0.25, -0.2) is 0 Å². The van der Waals surface area contributed by atoms with Gasteiger partial charge in [0.1, 0.15) is 18.1 Å². The van der Waals surface area contributed by atoms with Crippen LogP contribution in [0.15, 0.2) is 60.9 Å². The highest BCUT2D eigenvalue weighted by Gasteiger charge is 2.26. The van der Waals surface area contributed by atoms with Gasteiger partial charge in [-0.3, -0.25) is 9.78 Å². The number of nitrogens with one attached hydrogen (secondary N) is 1. The Morgan fingerprint density at radius 2 is 1.88 bits per heavy atom. The standard InChI is InChI=1S/C27H31N3O3/c1-30(2)14-15-33-26-18-21(20-10-12-28-13-11-20)7-9-25(26)29-27(31)22-5-4-19-6-8-24(32-3)17-23(19)16-22/h6-13,17-18,22H,4-5,14-16H2,1-3H3,(H,29,31). The average molecular weight is 446 g/mol. The number of anilines is 1. The fraction of sp³-hybridized carbons (Fsp3) is 0.333. The summed E-state index contributed by atoms with van der Waals surface area (Å²) in [5, 5.41) is 3.14. The molecule has 172 valence electrons. The lowest BCUT2D eigenvalue weighted by Gasteiger charge is -2.25. The molecular formula is C27H31N3O3. The number of benzene rings is 2. The van der Waals surface area contributed by atoms with Crippen LogP contribution in [0, 0.1) is 5.92 Å². The first-order chi connectivity index (χ1) is 16.0. The number of nitrogens with zero attached hydrogens (tertiary/aromatic N) is 2. The van der Waals surface area contributed by atoms with E-state index in [0.717, 1.165) is 36.3 Å². The first kappa shape index (κ1) is 22.8. The molecule has 1 aliphatic carbocycles. The lowest BCUT2D eigenvalue weighted by Crippen LogP contribution is -2.28. The Labute approximate surface area is 195 Å². The number of carbonyl (C=O) groups excluding carboxylic acids is 1. The number of hydrogen-bond donors (Lipinski definition) is 1.